The summed E-state index contributed by atoms with van der Waals surface area (Å²) >= 11 is 0. The van der Waals surface area contributed by atoms with Crippen LogP contribution in [0.3, 0.4) is 0 Å². The third kappa shape index (κ3) is 4.08. The lowest BCUT2D eigenvalue weighted by atomic mass is 10.2. The van der Waals surface area contributed by atoms with Crippen LogP contribution >= 0.6 is 0 Å². The summed E-state index contributed by atoms with van der Waals surface area (Å²) in [5, 5.41) is 11.3. The standard InChI is InChI=1S/C17H14FN3O3/c1-10(16(22)21-13-5-2-11(9-19)3-6-13)24-17(23)14-7-4-12(18)8-15(14)20/h2-8,10H,20H2,1H3,(H,21,22)/t10-/m0/s1. The van der Waals surface area contributed by atoms with Crippen molar-refractivity contribution in [2.45, 2.75) is 13.0 Å². The van der Waals surface area contributed by atoms with Crippen LogP contribution < -0.4 is 11.1 Å². The van der Waals surface area contributed by atoms with E-state index >= 15 is 0 Å². The molecule has 6 nitrogen and oxygen atoms in total. The monoisotopic (exact) mass is 327 g/mol. The SMILES string of the molecule is C[C@H](OC(=O)c1ccc(F)cc1N)C(=O)Nc1ccc(C#N)cc1. The van der Waals surface area contributed by atoms with E-state index < -0.39 is 23.8 Å². The van der Waals surface area contributed by atoms with Gasteiger partial charge in [0.2, 0.25) is 0 Å². The molecule has 0 bridgehead atoms. The molecule has 7 heteroatoms. The summed E-state index contributed by atoms with van der Waals surface area (Å²) < 4.78 is 18.0. The molecule has 2 aromatic carbocycles. The molecular weight excluding hydrogens is 313 g/mol. The Morgan fingerprint density at radius 3 is 2.50 bits per heavy atom. The van der Waals surface area contributed by atoms with Crippen molar-refractivity contribution in [2.24, 2.45) is 0 Å². The van der Waals surface area contributed by atoms with Crippen molar-refractivity contribution in [3.05, 3.63) is 59.4 Å². The van der Waals surface area contributed by atoms with Crippen LogP contribution in [-0.4, -0.2) is 18.0 Å². The van der Waals surface area contributed by atoms with E-state index in [1.807, 2.05) is 6.07 Å². The van der Waals surface area contributed by atoms with E-state index in [4.69, 9.17) is 15.7 Å². The minimum absolute atomic E-state index is 0.0191. The second kappa shape index (κ2) is 7.24. The van der Waals surface area contributed by atoms with E-state index in [2.05, 4.69) is 5.32 Å². The Morgan fingerprint density at radius 2 is 1.92 bits per heavy atom. The number of nitrogen functional groups attached to an aromatic ring is 1. The zero-order valence-electron chi connectivity index (χ0n) is 12.7. The van der Waals surface area contributed by atoms with Gasteiger partial charge in [-0.15, -0.1) is 0 Å². The van der Waals surface area contributed by atoms with Gasteiger partial charge in [-0.25, -0.2) is 9.18 Å². The molecule has 1 amide bonds. The first-order valence-corrected chi connectivity index (χ1v) is 6.97. The number of ether oxygens (including phenoxy) is 1. The van der Waals surface area contributed by atoms with Gasteiger partial charge in [0.1, 0.15) is 5.82 Å². The number of anilines is 2. The number of hydrogen-bond donors (Lipinski definition) is 2. The molecule has 0 heterocycles. The smallest absolute Gasteiger partial charge is 0.341 e. The first kappa shape index (κ1) is 17.0. The Bertz CT molecular complexity index is 813. The fourth-order valence-corrected chi connectivity index (χ4v) is 1.87. The summed E-state index contributed by atoms with van der Waals surface area (Å²) in [6.45, 7) is 1.40. The highest BCUT2D eigenvalue weighted by molar-refractivity contribution is 5.99. The Morgan fingerprint density at radius 1 is 1.25 bits per heavy atom. The summed E-state index contributed by atoms with van der Waals surface area (Å²) in [7, 11) is 0. The molecule has 0 saturated heterocycles. The number of carbonyl (C=O) groups excluding carboxylic acids is 2. The predicted molar refractivity (Wildman–Crippen MR) is 85.5 cm³/mol. The maximum atomic E-state index is 13.0. The summed E-state index contributed by atoms with van der Waals surface area (Å²) in [6.07, 6.45) is -1.09. The zero-order chi connectivity index (χ0) is 17.7. The number of benzene rings is 2. The molecule has 0 spiro atoms. The Kier molecular flexibility index (Phi) is 5.12. The van der Waals surface area contributed by atoms with E-state index in [-0.39, 0.29) is 11.3 Å². The van der Waals surface area contributed by atoms with E-state index in [9.17, 15) is 14.0 Å². The van der Waals surface area contributed by atoms with Crippen molar-refractivity contribution in [3.8, 4) is 6.07 Å². The largest absolute Gasteiger partial charge is 0.449 e. The van der Waals surface area contributed by atoms with Crippen molar-refractivity contribution < 1.29 is 18.7 Å². The molecule has 24 heavy (non-hydrogen) atoms. The van der Waals surface area contributed by atoms with E-state index in [1.54, 1.807) is 24.3 Å². The van der Waals surface area contributed by atoms with E-state index in [0.717, 1.165) is 12.1 Å². The number of hydrogen-bond acceptors (Lipinski definition) is 5. The van der Waals surface area contributed by atoms with Crippen molar-refractivity contribution in [1.82, 2.24) is 0 Å². The van der Waals surface area contributed by atoms with Crippen molar-refractivity contribution in [3.63, 3.8) is 0 Å². The predicted octanol–water partition coefficient (Wildman–Crippen LogP) is 2.46. The maximum absolute atomic E-state index is 13.0. The maximum Gasteiger partial charge on any atom is 0.341 e. The molecule has 0 aromatic heterocycles. The lowest BCUT2D eigenvalue weighted by Gasteiger charge is -2.14. The van der Waals surface area contributed by atoms with Crippen LogP contribution in [-0.2, 0) is 9.53 Å². The number of carbonyl (C=O) groups is 2. The van der Waals surface area contributed by atoms with Crippen molar-refractivity contribution in [2.75, 3.05) is 11.1 Å². The van der Waals surface area contributed by atoms with E-state index in [1.165, 1.54) is 13.0 Å². The van der Waals surface area contributed by atoms with Crippen molar-refractivity contribution in [1.29, 1.82) is 5.26 Å². The molecule has 0 aliphatic heterocycles. The molecule has 1 atom stereocenters. The number of rotatable bonds is 4. The minimum atomic E-state index is -1.09. The molecule has 122 valence electrons. The van der Waals surface area contributed by atoms with Gasteiger partial charge >= 0.3 is 5.97 Å². The molecule has 0 fully saturated rings. The van der Waals surface area contributed by atoms with Gasteiger partial charge in [-0.05, 0) is 49.4 Å². The van der Waals surface area contributed by atoms with Gasteiger partial charge in [0.25, 0.3) is 5.91 Å². The highest BCUT2D eigenvalue weighted by Crippen LogP contribution is 2.16. The van der Waals surface area contributed by atoms with Gasteiger partial charge in [0.15, 0.2) is 6.10 Å². The van der Waals surface area contributed by atoms with Crippen LogP contribution in [0.5, 0.6) is 0 Å². The molecule has 0 radical (unpaired) electrons. The fourth-order valence-electron chi connectivity index (χ4n) is 1.87. The summed E-state index contributed by atoms with van der Waals surface area (Å²) in [4.78, 5) is 24.0. The number of esters is 1. The molecule has 0 aliphatic rings. The summed E-state index contributed by atoms with van der Waals surface area (Å²) in [5.41, 5.74) is 6.39. The molecule has 0 aliphatic carbocycles. The molecule has 2 rings (SSSR count). The molecular formula is C17H14FN3O3. The van der Waals surface area contributed by atoms with Crippen LogP contribution in [0.4, 0.5) is 15.8 Å². The third-order valence-corrected chi connectivity index (χ3v) is 3.17. The minimum Gasteiger partial charge on any atom is -0.449 e. The second-order valence-corrected chi connectivity index (χ2v) is 4.96. The molecule has 0 unspecified atom stereocenters. The zero-order valence-corrected chi connectivity index (χ0v) is 12.7. The number of nitrogens with zero attached hydrogens (tertiary/aromatic N) is 1. The summed E-state index contributed by atoms with van der Waals surface area (Å²) in [6, 6.07) is 11.4. The van der Waals surface area contributed by atoms with E-state index in [0.29, 0.717) is 11.3 Å². The van der Waals surface area contributed by atoms with Crippen LogP contribution in [0.25, 0.3) is 0 Å². The van der Waals surface area contributed by atoms with Gasteiger partial charge in [0, 0.05) is 11.4 Å². The summed E-state index contributed by atoms with van der Waals surface area (Å²) in [5.74, 6) is -1.95. The topological polar surface area (TPSA) is 105 Å². The van der Waals surface area contributed by atoms with Crippen molar-refractivity contribution >= 4 is 23.3 Å². The van der Waals surface area contributed by atoms with Gasteiger partial charge in [-0.1, -0.05) is 0 Å². The van der Waals surface area contributed by atoms with Crippen LogP contribution in [0, 0.1) is 17.1 Å². The fraction of sp³-hybridized carbons (Fsp3) is 0.118. The third-order valence-electron chi connectivity index (χ3n) is 3.17. The highest BCUT2D eigenvalue weighted by atomic mass is 19.1. The normalized spacial score (nSPS) is 11.2. The lowest BCUT2D eigenvalue weighted by Crippen LogP contribution is -2.30. The first-order valence-electron chi connectivity index (χ1n) is 6.97. The van der Waals surface area contributed by atoms with Crippen LogP contribution in [0.2, 0.25) is 0 Å². The average molecular weight is 327 g/mol. The number of nitrogens with two attached hydrogens (primary N) is 1. The first-order chi connectivity index (χ1) is 11.4. The van der Waals surface area contributed by atoms with Gasteiger partial charge < -0.3 is 15.8 Å². The molecule has 2 aromatic rings. The number of nitrogens with one attached hydrogen (secondary N) is 1. The number of halogens is 1. The lowest BCUT2D eigenvalue weighted by molar-refractivity contribution is -0.123. The molecule has 3 N–H and O–H groups in total. The number of amides is 1. The van der Waals surface area contributed by atoms with Gasteiger partial charge in [-0.2, -0.15) is 5.26 Å². The van der Waals surface area contributed by atoms with Gasteiger partial charge in [0.05, 0.1) is 17.2 Å². The highest BCUT2D eigenvalue weighted by Gasteiger charge is 2.20. The Labute approximate surface area is 137 Å². The van der Waals surface area contributed by atoms with Gasteiger partial charge in [-0.3, -0.25) is 4.79 Å². The quantitative estimate of drug-likeness (QED) is 0.663. The number of nitriles is 1. The Balaban J connectivity index is 2.00. The Hall–Kier alpha value is -3.40. The molecule has 0 saturated carbocycles. The van der Waals surface area contributed by atoms with Crippen LogP contribution in [0.1, 0.15) is 22.8 Å². The van der Waals surface area contributed by atoms with Crippen LogP contribution in [0.15, 0.2) is 42.5 Å². The average Bonchev–Trinajstić information content (AvgIpc) is 2.55. The second-order valence-electron chi connectivity index (χ2n) is 4.96.